The first kappa shape index (κ1) is 21.2. The molecule has 1 atom stereocenters. The van der Waals surface area contributed by atoms with Crippen LogP contribution in [0.25, 0.3) is 21.5 Å². The number of amides is 1. The predicted octanol–water partition coefficient (Wildman–Crippen LogP) is 6.12. The maximum atomic E-state index is 13.9. The molecule has 2 aromatic heterocycles. The molecule has 1 aliphatic heterocycles. The van der Waals surface area contributed by atoms with Crippen LogP contribution in [0.5, 0.6) is 0 Å². The number of nitrogens with zero attached hydrogens (tertiary/aromatic N) is 4. The van der Waals surface area contributed by atoms with Crippen LogP contribution in [0.3, 0.4) is 0 Å². The molecule has 4 aromatic rings. The molecule has 1 fully saturated rings. The number of carbonyl (C=O) groups excluding carboxylic acids is 1. The Kier molecular flexibility index (Phi) is 5.10. The molecule has 1 saturated heterocycles. The molecule has 32 heavy (non-hydrogen) atoms. The topological polar surface area (TPSA) is 51.0 Å². The number of para-hydroxylation sites is 1. The zero-order valence-corrected chi connectivity index (χ0v) is 20.2. The Balaban J connectivity index is 1.60. The molecule has 1 aliphatic rings. The van der Waals surface area contributed by atoms with Gasteiger partial charge in [-0.2, -0.15) is 0 Å². The summed E-state index contributed by atoms with van der Waals surface area (Å²) in [5, 5.41) is 1.51. The van der Waals surface area contributed by atoms with Gasteiger partial charge < -0.3 is 9.47 Å². The lowest BCUT2D eigenvalue weighted by Crippen LogP contribution is -2.44. The summed E-state index contributed by atoms with van der Waals surface area (Å²) in [6, 6.07) is 13.8. The Labute approximate surface area is 196 Å². The molecular weight excluding hydrogens is 440 g/mol. The van der Waals surface area contributed by atoms with Gasteiger partial charge in [-0.3, -0.25) is 4.79 Å². The highest BCUT2D eigenvalue weighted by molar-refractivity contribution is 7.15. The summed E-state index contributed by atoms with van der Waals surface area (Å²) in [5.41, 5.74) is 4.19. The molecule has 0 radical (unpaired) electrons. The van der Waals surface area contributed by atoms with Crippen molar-refractivity contribution in [2.45, 2.75) is 39.2 Å². The fourth-order valence-electron chi connectivity index (χ4n) is 4.99. The van der Waals surface area contributed by atoms with Crippen molar-refractivity contribution >= 4 is 39.9 Å². The Hall–Kier alpha value is -2.70. The normalized spacial score (nSPS) is 18.6. The van der Waals surface area contributed by atoms with Crippen molar-refractivity contribution in [2.75, 3.05) is 6.54 Å². The average molecular weight is 465 g/mol. The minimum absolute atomic E-state index is 0.0481. The van der Waals surface area contributed by atoms with Crippen molar-refractivity contribution in [1.82, 2.24) is 19.4 Å². The van der Waals surface area contributed by atoms with E-state index in [1.165, 1.54) is 16.9 Å². The van der Waals surface area contributed by atoms with E-state index in [0.717, 1.165) is 45.1 Å². The van der Waals surface area contributed by atoms with Crippen LogP contribution in [-0.4, -0.2) is 31.9 Å². The number of fused-ring (bicyclic) bond motifs is 1. The van der Waals surface area contributed by atoms with E-state index in [-0.39, 0.29) is 5.91 Å². The van der Waals surface area contributed by atoms with Gasteiger partial charge >= 0.3 is 0 Å². The molecule has 0 aliphatic carbocycles. The predicted molar refractivity (Wildman–Crippen MR) is 130 cm³/mol. The SMILES string of the molecule is Cc1nc(C(=O)N2CCC[C@@]2(C)c2nc3cccc(C)c3n2C)c(-c2cccc(Cl)c2)s1. The number of hydrogen-bond acceptors (Lipinski definition) is 4. The number of carbonyl (C=O) groups is 1. The standard InChI is InChI=1S/C25H25ClN4OS/c1-15-8-5-11-19-21(15)29(4)24(28-19)25(3)12-7-13-30(25)23(31)20-22(32-16(2)27-20)17-9-6-10-18(26)14-17/h5-6,8-11,14H,7,12-13H2,1-4H3/t25-/m0/s1. The van der Waals surface area contributed by atoms with Gasteiger partial charge in [0.25, 0.3) is 5.91 Å². The van der Waals surface area contributed by atoms with Gasteiger partial charge in [0.1, 0.15) is 11.5 Å². The van der Waals surface area contributed by atoms with Crippen LogP contribution in [-0.2, 0) is 12.6 Å². The van der Waals surface area contributed by atoms with Crippen LogP contribution in [0.1, 0.15) is 46.6 Å². The van der Waals surface area contributed by atoms with Crippen molar-refractivity contribution in [3.8, 4) is 10.4 Å². The van der Waals surface area contributed by atoms with Crippen molar-refractivity contribution in [3.63, 3.8) is 0 Å². The first-order valence-corrected chi connectivity index (χ1v) is 12.0. The number of aromatic nitrogens is 3. The summed E-state index contributed by atoms with van der Waals surface area (Å²) < 4.78 is 2.15. The molecule has 5 rings (SSSR count). The molecule has 5 nitrogen and oxygen atoms in total. The third-order valence-corrected chi connectivity index (χ3v) is 7.74. The molecule has 0 N–H and O–H groups in total. The van der Waals surface area contributed by atoms with Gasteiger partial charge in [-0.15, -0.1) is 11.3 Å². The van der Waals surface area contributed by atoms with Crippen molar-refractivity contribution in [3.05, 3.63) is 69.6 Å². The fraction of sp³-hybridized carbons (Fsp3) is 0.320. The molecule has 164 valence electrons. The maximum absolute atomic E-state index is 13.9. The summed E-state index contributed by atoms with van der Waals surface area (Å²) >= 11 is 7.76. The van der Waals surface area contributed by atoms with Gasteiger partial charge in [-0.25, -0.2) is 9.97 Å². The smallest absolute Gasteiger partial charge is 0.274 e. The van der Waals surface area contributed by atoms with E-state index in [9.17, 15) is 4.79 Å². The molecule has 0 bridgehead atoms. The Morgan fingerprint density at radius 1 is 1.16 bits per heavy atom. The van der Waals surface area contributed by atoms with E-state index >= 15 is 0 Å². The van der Waals surface area contributed by atoms with Gasteiger partial charge in [-0.1, -0.05) is 35.9 Å². The third kappa shape index (κ3) is 3.24. The first-order valence-electron chi connectivity index (χ1n) is 10.8. The molecule has 1 amide bonds. The highest BCUT2D eigenvalue weighted by Crippen LogP contribution is 2.42. The second-order valence-electron chi connectivity index (χ2n) is 8.69. The van der Waals surface area contributed by atoms with Crippen molar-refractivity contribution in [2.24, 2.45) is 7.05 Å². The maximum Gasteiger partial charge on any atom is 0.274 e. The van der Waals surface area contributed by atoms with Gasteiger partial charge in [-0.05, 0) is 62.9 Å². The van der Waals surface area contributed by atoms with Crippen molar-refractivity contribution in [1.29, 1.82) is 0 Å². The number of hydrogen-bond donors (Lipinski definition) is 0. The molecular formula is C25H25ClN4OS. The lowest BCUT2D eigenvalue weighted by molar-refractivity contribution is 0.0595. The fourth-order valence-corrected chi connectivity index (χ4v) is 6.09. The quantitative estimate of drug-likeness (QED) is 0.367. The number of thiazole rings is 1. The van der Waals surface area contributed by atoms with Crippen LogP contribution in [0.2, 0.25) is 5.02 Å². The molecule has 0 saturated carbocycles. The number of halogens is 1. The zero-order chi connectivity index (χ0) is 22.6. The Bertz CT molecular complexity index is 1360. The summed E-state index contributed by atoms with van der Waals surface area (Å²) in [7, 11) is 2.05. The summed E-state index contributed by atoms with van der Waals surface area (Å²) in [4.78, 5) is 26.4. The van der Waals surface area contributed by atoms with Gasteiger partial charge in [0.15, 0.2) is 0 Å². The van der Waals surface area contributed by atoms with E-state index in [0.29, 0.717) is 17.3 Å². The summed E-state index contributed by atoms with van der Waals surface area (Å²) in [5.74, 6) is 0.872. The highest BCUT2D eigenvalue weighted by atomic mass is 35.5. The monoisotopic (exact) mass is 464 g/mol. The third-order valence-electron chi connectivity index (χ3n) is 6.49. The van der Waals surface area contributed by atoms with Gasteiger partial charge in [0.2, 0.25) is 0 Å². The van der Waals surface area contributed by atoms with E-state index in [4.69, 9.17) is 16.6 Å². The van der Waals surface area contributed by atoms with Crippen molar-refractivity contribution < 1.29 is 4.79 Å². The van der Waals surface area contributed by atoms with Crippen LogP contribution < -0.4 is 0 Å². The Morgan fingerprint density at radius 3 is 2.69 bits per heavy atom. The Morgan fingerprint density at radius 2 is 1.94 bits per heavy atom. The van der Waals surface area contributed by atoms with Crippen LogP contribution in [0, 0.1) is 13.8 Å². The number of likely N-dealkylation sites (tertiary alicyclic amines) is 1. The molecule has 0 spiro atoms. The van der Waals surface area contributed by atoms with Crippen LogP contribution in [0.15, 0.2) is 42.5 Å². The molecule has 2 aromatic carbocycles. The minimum atomic E-state index is -0.500. The zero-order valence-electron chi connectivity index (χ0n) is 18.6. The lowest BCUT2D eigenvalue weighted by Gasteiger charge is -2.34. The number of imidazole rings is 1. The van der Waals surface area contributed by atoms with Gasteiger partial charge in [0, 0.05) is 18.6 Å². The minimum Gasteiger partial charge on any atom is -0.329 e. The summed E-state index contributed by atoms with van der Waals surface area (Å²) in [6.07, 6.45) is 1.80. The van der Waals surface area contributed by atoms with E-state index in [2.05, 4.69) is 29.5 Å². The van der Waals surface area contributed by atoms with E-state index in [1.54, 1.807) is 0 Å². The van der Waals surface area contributed by atoms with E-state index < -0.39 is 5.54 Å². The molecule has 0 unspecified atom stereocenters. The van der Waals surface area contributed by atoms with E-state index in [1.807, 2.05) is 55.3 Å². The number of aryl methyl sites for hydroxylation is 3. The average Bonchev–Trinajstić information content (AvgIpc) is 3.44. The lowest BCUT2D eigenvalue weighted by atomic mass is 9.97. The van der Waals surface area contributed by atoms with Crippen LogP contribution in [0.4, 0.5) is 0 Å². The number of rotatable bonds is 3. The second kappa shape index (κ2) is 7.71. The largest absolute Gasteiger partial charge is 0.329 e. The summed E-state index contributed by atoms with van der Waals surface area (Å²) in [6.45, 7) is 6.85. The molecule has 7 heteroatoms. The molecule has 3 heterocycles. The first-order chi connectivity index (χ1) is 15.3. The second-order valence-corrected chi connectivity index (χ2v) is 10.3. The van der Waals surface area contributed by atoms with Gasteiger partial charge in [0.05, 0.1) is 26.5 Å². The number of benzene rings is 2. The van der Waals surface area contributed by atoms with Crippen LogP contribution >= 0.6 is 22.9 Å². The highest BCUT2D eigenvalue weighted by Gasteiger charge is 2.45.